The van der Waals surface area contributed by atoms with Gasteiger partial charge in [-0.25, -0.2) is 4.98 Å². The van der Waals surface area contributed by atoms with E-state index in [0.717, 1.165) is 68.4 Å². The first kappa shape index (κ1) is 26.9. The second kappa shape index (κ2) is 11.9. The van der Waals surface area contributed by atoms with Crippen molar-refractivity contribution in [3.63, 3.8) is 0 Å². The minimum absolute atomic E-state index is 0.823. The zero-order chi connectivity index (χ0) is 27.2. The topological polar surface area (TPSA) is 69.4 Å². The Morgan fingerprint density at radius 3 is 2.66 bits per heavy atom. The number of allylic oxidation sites excluding steroid dienone is 6. The van der Waals surface area contributed by atoms with Crippen molar-refractivity contribution >= 4 is 34.5 Å². The molecule has 4 aromatic heterocycles. The number of aryl methyl sites for hydroxylation is 1. The van der Waals surface area contributed by atoms with Crippen LogP contribution >= 0.6 is 11.3 Å². The molecule has 6 heteroatoms. The van der Waals surface area contributed by atoms with Gasteiger partial charge in [0.05, 0.1) is 11.0 Å². The van der Waals surface area contributed by atoms with Crippen LogP contribution in [0.1, 0.15) is 38.5 Å². The molecule has 0 fully saturated rings. The standard InChI is InChI=1S/C32H35N5S/c1-8-12-21(6)34-24(10-3)18-23(9-2)20(5)17-27-28(11-4)36-37-31(27)29-19-26-25(15-16-33-32(26)35-29)30-14-13-22(7)38-30/h9-11,13-19,34,36H,3,5-6,8,12H2,1-2,4,7H3,(H,33,35)/b23-9+,24-18+,27-17+,28-11+. The number of hydrogen-bond acceptors (Lipinski definition) is 4. The number of thiophene rings is 1. The van der Waals surface area contributed by atoms with E-state index in [2.05, 4.69) is 89.4 Å². The van der Waals surface area contributed by atoms with E-state index in [4.69, 9.17) is 0 Å². The third-order valence-electron chi connectivity index (χ3n) is 6.32. The predicted molar refractivity (Wildman–Crippen MR) is 164 cm³/mol. The van der Waals surface area contributed by atoms with Crippen LogP contribution in [0.15, 0.2) is 91.0 Å². The normalized spacial score (nSPS) is 13.4. The van der Waals surface area contributed by atoms with Crippen molar-refractivity contribution in [3.8, 4) is 21.8 Å². The predicted octanol–water partition coefficient (Wildman–Crippen LogP) is 7.05. The number of aromatic amines is 2. The second-order valence-corrected chi connectivity index (χ2v) is 10.4. The monoisotopic (exact) mass is 521 g/mol. The first-order valence-corrected chi connectivity index (χ1v) is 13.6. The Balaban J connectivity index is 1.77. The van der Waals surface area contributed by atoms with Crippen molar-refractivity contribution < 1.29 is 0 Å². The van der Waals surface area contributed by atoms with Gasteiger partial charge in [0.2, 0.25) is 0 Å². The summed E-state index contributed by atoms with van der Waals surface area (Å²) in [5, 5.41) is 14.2. The average molecular weight is 522 g/mol. The highest BCUT2D eigenvalue weighted by atomic mass is 32.1. The molecule has 0 saturated heterocycles. The lowest BCUT2D eigenvalue weighted by Gasteiger charge is -2.11. The van der Waals surface area contributed by atoms with E-state index in [9.17, 15) is 0 Å². The van der Waals surface area contributed by atoms with Crippen LogP contribution < -0.4 is 15.9 Å². The van der Waals surface area contributed by atoms with E-state index in [1.54, 1.807) is 17.4 Å². The molecule has 38 heavy (non-hydrogen) atoms. The lowest BCUT2D eigenvalue weighted by atomic mass is 10.0. The van der Waals surface area contributed by atoms with E-state index in [1.165, 1.54) is 15.3 Å². The van der Waals surface area contributed by atoms with E-state index >= 15 is 0 Å². The molecule has 0 aliphatic rings. The summed E-state index contributed by atoms with van der Waals surface area (Å²) in [4.78, 5) is 10.6. The molecule has 3 N–H and O–H groups in total. The Hall–Kier alpha value is -4.16. The molecule has 0 bridgehead atoms. The molecular formula is C32H35N5S. The van der Waals surface area contributed by atoms with Gasteiger partial charge in [-0.05, 0) is 80.8 Å². The third-order valence-corrected chi connectivity index (χ3v) is 7.35. The molecule has 0 atom stereocenters. The summed E-state index contributed by atoms with van der Waals surface area (Å²) in [5.41, 5.74) is 7.43. The van der Waals surface area contributed by atoms with Crippen molar-refractivity contribution in [1.82, 2.24) is 25.5 Å². The summed E-state index contributed by atoms with van der Waals surface area (Å²) in [6, 6.07) is 8.52. The van der Waals surface area contributed by atoms with Gasteiger partial charge < -0.3 is 10.3 Å². The fourth-order valence-electron chi connectivity index (χ4n) is 4.39. The Kier molecular flexibility index (Phi) is 8.44. The smallest absolute Gasteiger partial charge is 0.138 e. The molecule has 0 aliphatic carbocycles. The molecule has 0 saturated carbocycles. The maximum Gasteiger partial charge on any atom is 0.138 e. The van der Waals surface area contributed by atoms with Crippen LogP contribution in [-0.2, 0) is 0 Å². The number of pyridine rings is 1. The molecule has 0 unspecified atom stereocenters. The van der Waals surface area contributed by atoms with Crippen molar-refractivity contribution in [2.75, 3.05) is 0 Å². The quantitative estimate of drug-likeness (QED) is 0.196. The van der Waals surface area contributed by atoms with Crippen LogP contribution in [0.2, 0.25) is 0 Å². The maximum atomic E-state index is 4.67. The van der Waals surface area contributed by atoms with Crippen molar-refractivity contribution in [1.29, 1.82) is 0 Å². The molecular weight excluding hydrogens is 486 g/mol. The molecule has 194 valence electrons. The van der Waals surface area contributed by atoms with Gasteiger partial charge in [0, 0.05) is 43.5 Å². The molecule has 0 aromatic carbocycles. The van der Waals surface area contributed by atoms with Gasteiger partial charge in [-0.1, -0.05) is 45.2 Å². The van der Waals surface area contributed by atoms with E-state index in [1.807, 2.05) is 38.3 Å². The number of hydrogen-bond donors (Lipinski definition) is 3. The number of nitrogens with one attached hydrogen (secondary N) is 3. The fourth-order valence-corrected chi connectivity index (χ4v) is 5.29. The number of nitrogens with zero attached hydrogens (tertiary/aromatic N) is 2. The van der Waals surface area contributed by atoms with Crippen molar-refractivity contribution in [2.45, 2.75) is 40.5 Å². The molecule has 5 nitrogen and oxygen atoms in total. The van der Waals surface area contributed by atoms with Crippen LogP contribution in [0.3, 0.4) is 0 Å². The zero-order valence-electron chi connectivity index (χ0n) is 22.6. The van der Waals surface area contributed by atoms with Gasteiger partial charge in [0.1, 0.15) is 11.3 Å². The molecule has 0 aliphatic heterocycles. The van der Waals surface area contributed by atoms with E-state index in [0.29, 0.717) is 0 Å². The van der Waals surface area contributed by atoms with Gasteiger partial charge in [0.25, 0.3) is 0 Å². The van der Waals surface area contributed by atoms with E-state index < -0.39 is 0 Å². The van der Waals surface area contributed by atoms with Crippen LogP contribution in [0.4, 0.5) is 0 Å². The number of aromatic nitrogens is 4. The Labute approximate surface area is 228 Å². The summed E-state index contributed by atoms with van der Waals surface area (Å²) < 4.78 is 0. The minimum atomic E-state index is 0.823. The van der Waals surface area contributed by atoms with Crippen LogP contribution in [0, 0.1) is 6.92 Å². The largest absolute Gasteiger partial charge is 0.359 e. The highest BCUT2D eigenvalue weighted by Crippen LogP contribution is 2.34. The fraction of sp³-hybridized carbons (Fsp3) is 0.188. The van der Waals surface area contributed by atoms with Gasteiger partial charge >= 0.3 is 0 Å². The van der Waals surface area contributed by atoms with Crippen LogP contribution in [-0.4, -0.2) is 20.2 Å². The van der Waals surface area contributed by atoms with Crippen LogP contribution in [0.5, 0.6) is 0 Å². The molecule has 4 heterocycles. The second-order valence-electron chi connectivity index (χ2n) is 9.10. The van der Waals surface area contributed by atoms with Crippen LogP contribution in [0.25, 0.3) is 45.0 Å². The van der Waals surface area contributed by atoms with Gasteiger partial charge in [0.15, 0.2) is 0 Å². The maximum absolute atomic E-state index is 4.67. The Morgan fingerprint density at radius 1 is 1.18 bits per heavy atom. The molecule has 4 rings (SSSR count). The van der Waals surface area contributed by atoms with Gasteiger partial charge in [-0.15, -0.1) is 11.3 Å². The first-order valence-electron chi connectivity index (χ1n) is 12.8. The molecule has 0 spiro atoms. The van der Waals surface area contributed by atoms with Gasteiger partial charge in [-0.2, -0.15) is 5.10 Å². The highest BCUT2D eigenvalue weighted by Gasteiger charge is 2.14. The summed E-state index contributed by atoms with van der Waals surface area (Å²) in [7, 11) is 0. The third kappa shape index (κ3) is 5.71. The Bertz CT molecular complexity index is 1690. The number of rotatable bonds is 10. The molecule has 0 amide bonds. The summed E-state index contributed by atoms with van der Waals surface area (Å²) in [6.07, 6.45) is 13.8. The SMILES string of the molecule is C=C/C(=C\C(=C/C)C(=C)/C=c1/c(-c2cc3c(-c4ccc(C)s4)ccnc3[nH]2)n[nH]/c1=C/C)NC(=C)CCC. The lowest BCUT2D eigenvalue weighted by Crippen LogP contribution is -2.23. The molecule has 0 radical (unpaired) electrons. The van der Waals surface area contributed by atoms with Gasteiger partial charge in [-0.3, -0.25) is 5.10 Å². The van der Waals surface area contributed by atoms with Crippen molar-refractivity contribution in [3.05, 3.63) is 106 Å². The first-order chi connectivity index (χ1) is 18.4. The summed E-state index contributed by atoms with van der Waals surface area (Å²) >= 11 is 1.78. The molecule has 4 aromatic rings. The minimum Gasteiger partial charge on any atom is -0.359 e. The number of H-pyrrole nitrogens is 2. The number of fused-ring (bicyclic) bond motifs is 1. The zero-order valence-corrected chi connectivity index (χ0v) is 23.4. The van der Waals surface area contributed by atoms with Crippen molar-refractivity contribution in [2.24, 2.45) is 0 Å². The highest BCUT2D eigenvalue weighted by molar-refractivity contribution is 7.15. The lowest BCUT2D eigenvalue weighted by molar-refractivity contribution is 0.828. The van der Waals surface area contributed by atoms with E-state index in [-0.39, 0.29) is 0 Å². The summed E-state index contributed by atoms with van der Waals surface area (Å²) in [6.45, 7) is 20.7. The average Bonchev–Trinajstić information content (AvgIpc) is 3.64. The summed E-state index contributed by atoms with van der Waals surface area (Å²) in [5.74, 6) is 0. The Morgan fingerprint density at radius 2 is 2.00 bits per heavy atom.